The van der Waals surface area contributed by atoms with Gasteiger partial charge in [0.25, 0.3) is 5.91 Å². The van der Waals surface area contributed by atoms with Gasteiger partial charge in [-0.1, -0.05) is 36.4 Å². The predicted octanol–water partition coefficient (Wildman–Crippen LogP) is 0.768. The van der Waals surface area contributed by atoms with Crippen molar-refractivity contribution in [3.05, 3.63) is 71.5 Å². The second-order valence-corrected chi connectivity index (χ2v) is 5.37. The number of hydrogen-bond donors (Lipinski definition) is 3. The largest absolute Gasteiger partial charge is 0.368 e. The maximum atomic E-state index is 13.7. The smallest absolute Gasteiger partial charge is 0.251 e. The average Bonchev–Trinajstić information content (AvgIpc) is 2.61. The van der Waals surface area contributed by atoms with Gasteiger partial charge in [-0.15, -0.1) is 0 Å². The molecule has 3 amide bonds. The van der Waals surface area contributed by atoms with Gasteiger partial charge in [-0.25, -0.2) is 4.39 Å². The second-order valence-electron chi connectivity index (χ2n) is 5.37. The van der Waals surface area contributed by atoms with Crippen molar-refractivity contribution in [1.29, 1.82) is 0 Å². The zero-order valence-corrected chi connectivity index (χ0v) is 13.4. The van der Waals surface area contributed by atoms with Crippen LogP contribution in [0.15, 0.2) is 54.6 Å². The van der Waals surface area contributed by atoms with Crippen LogP contribution in [0.1, 0.15) is 15.9 Å². The summed E-state index contributed by atoms with van der Waals surface area (Å²) < 4.78 is 13.7. The van der Waals surface area contributed by atoms with Gasteiger partial charge in [0.1, 0.15) is 11.9 Å². The van der Waals surface area contributed by atoms with E-state index in [1.807, 2.05) is 0 Å². The third kappa shape index (κ3) is 5.42. The normalized spacial score (nSPS) is 11.4. The molecule has 0 aliphatic carbocycles. The molecule has 0 radical (unpaired) electrons. The van der Waals surface area contributed by atoms with E-state index in [9.17, 15) is 18.8 Å². The highest BCUT2D eigenvalue weighted by Gasteiger charge is 2.20. The van der Waals surface area contributed by atoms with Gasteiger partial charge >= 0.3 is 0 Å². The molecule has 0 aromatic heterocycles. The number of primary amides is 1. The first-order valence-electron chi connectivity index (χ1n) is 7.62. The molecule has 0 heterocycles. The Morgan fingerprint density at radius 3 is 2.28 bits per heavy atom. The third-order valence-electron chi connectivity index (χ3n) is 3.51. The summed E-state index contributed by atoms with van der Waals surface area (Å²) in [6.45, 7) is -0.325. The number of nitrogens with one attached hydrogen (secondary N) is 2. The average molecular weight is 343 g/mol. The summed E-state index contributed by atoms with van der Waals surface area (Å²) in [6, 6.07) is 13.2. The number of hydrogen-bond acceptors (Lipinski definition) is 3. The van der Waals surface area contributed by atoms with Crippen LogP contribution in [0.3, 0.4) is 0 Å². The molecule has 0 bridgehead atoms. The van der Waals surface area contributed by atoms with Gasteiger partial charge in [-0.2, -0.15) is 0 Å². The lowest BCUT2D eigenvalue weighted by molar-refractivity contribution is -0.126. The van der Waals surface area contributed by atoms with E-state index in [0.717, 1.165) is 0 Å². The molecule has 2 rings (SSSR count). The lowest BCUT2D eigenvalue weighted by atomic mass is 10.0. The molecule has 2 aromatic rings. The molecular formula is C18H18FN3O3. The van der Waals surface area contributed by atoms with Crippen molar-refractivity contribution < 1.29 is 18.8 Å². The maximum absolute atomic E-state index is 13.7. The summed E-state index contributed by atoms with van der Waals surface area (Å²) in [7, 11) is 0. The number of carbonyl (C=O) groups is 3. The Hall–Kier alpha value is -3.22. The third-order valence-corrected chi connectivity index (χ3v) is 3.51. The lowest BCUT2D eigenvalue weighted by Gasteiger charge is -2.16. The Balaban J connectivity index is 1.91. The molecule has 130 valence electrons. The van der Waals surface area contributed by atoms with Crippen LogP contribution in [0, 0.1) is 5.82 Å². The Morgan fingerprint density at radius 1 is 1.00 bits per heavy atom. The number of nitrogens with two attached hydrogens (primary N) is 1. The second kappa shape index (κ2) is 8.58. The molecule has 25 heavy (non-hydrogen) atoms. The van der Waals surface area contributed by atoms with Crippen LogP contribution in [0.2, 0.25) is 0 Å². The zero-order valence-electron chi connectivity index (χ0n) is 13.4. The molecule has 0 saturated heterocycles. The molecule has 0 aliphatic rings. The Kier molecular flexibility index (Phi) is 6.22. The quantitative estimate of drug-likeness (QED) is 0.692. The molecule has 0 unspecified atom stereocenters. The first kappa shape index (κ1) is 18.1. The van der Waals surface area contributed by atoms with Crippen molar-refractivity contribution in [3.8, 4) is 0 Å². The van der Waals surface area contributed by atoms with Gasteiger partial charge in [0.05, 0.1) is 6.54 Å². The van der Waals surface area contributed by atoms with Gasteiger partial charge in [0.15, 0.2) is 0 Å². The minimum atomic E-state index is -1.07. The summed E-state index contributed by atoms with van der Waals surface area (Å²) >= 11 is 0. The van der Waals surface area contributed by atoms with Gasteiger partial charge < -0.3 is 16.4 Å². The molecule has 7 heteroatoms. The van der Waals surface area contributed by atoms with Crippen molar-refractivity contribution in [2.75, 3.05) is 6.54 Å². The van der Waals surface area contributed by atoms with E-state index in [1.54, 1.807) is 36.4 Å². The molecule has 0 aliphatic heterocycles. The first-order chi connectivity index (χ1) is 12.0. The molecule has 4 N–H and O–H groups in total. The van der Waals surface area contributed by atoms with Gasteiger partial charge in [-0.05, 0) is 23.8 Å². The fourth-order valence-electron chi connectivity index (χ4n) is 2.20. The summed E-state index contributed by atoms with van der Waals surface area (Å²) in [5.41, 5.74) is 5.94. The minimum Gasteiger partial charge on any atom is -0.368 e. The number of halogens is 1. The summed E-state index contributed by atoms with van der Waals surface area (Å²) in [6.07, 6.45) is -0.0691. The molecule has 1 atom stereocenters. The highest BCUT2D eigenvalue weighted by atomic mass is 19.1. The van der Waals surface area contributed by atoms with Crippen molar-refractivity contribution in [2.24, 2.45) is 5.73 Å². The zero-order chi connectivity index (χ0) is 18.2. The Labute approximate surface area is 144 Å². The summed E-state index contributed by atoms with van der Waals surface area (Å²) in [5, 5.41) is 4.85. The molecular weight excluding hydrogens is 325 g/mol. The van der Waals surface area contributed by atoms with E-state index >= 15 is 0 Å². The highest BCUT2D eigenvalue weighted by molar-refractivity contribution is 5.97. The first-order valence-corrected chi connectivity index (χ1v) is 7.62. The van der Waals surface area contributed by atoms with Crippen LogP contribution in [-0.4, -0.2) is 30.3 Å². The van der Waals surface area contributed by atoms with Crippen molar-refractivity contribution in [1.82, 2.24) is 10.6 Å². The molecule has 0 spiro atoms. The van der Waals surface area contributed by atoms with Gasteiger partial charge in [0, 0.05) is 12.0 Å². The lowest BCUT2D eigenvalue weighted by Crippen LogP contribution is -2.49. The number of benzene rings is 2. The van der Waals surface area contributed by atoms with E-state index in [4.69, 9.17) is 5.73 Å². The summed E-state index contributed by atoms with van der Waals surface area (Å²) in [5.74, 6) is -2.28. The van der Waals surface area contributed by atoms with Crippen LogP contribution in [0.5, 0.6) is 0 Å². The maximum Gasteiger partial charge on any atom is 0.251 e. The van der Waals surface area contributed by atoms with Crippen LogP contribution >= 0.6 is 0 Å². The topological polar surface area (TPSA) is 101 Å². The van der Waals surface area contributed by atoms with E-state index in [0.29, 0.717) is 5.56 Å². The standard InChI is InChI=1S/C18H18FN3O3/c19-14-9-5-4-8-13(14)10-15(17(20)24)22-16(23)11-21-18(25)12-6-2-1-3-7-12/h1-9,15H,10-11H2,(H2,20,24)(H,21,25)(H,22,23)/t15-/m0/s1. The van der Waals surface area contributed by atoms with Crippen LogP contribution in [-0.2, 0) is 16.0 Å². The van der Waals surface area contributed by atoms with E-state index in [2.05, 4.69) is 10.6 Å². The fourth-order valence-corrected chi connectivity index (χ4v) is 2.20. The number of amides is 3. The van der Waals surface area contributed by atoms with Crippen molar-refractivity contribution in [2.45, 2.75) is 12.5 Å². The number of carbonyl (C=O) groups excluding carboxylic acids is 3. The highest BCUT2D eigenvalue weighted by Crippen LogP contribution is 2.09. The van der Waals surface area contributed by atoms with E-state index in [-0.39, 0.29) is 18.5 Å². The SMILES string of the molecule is NC(=O)[C@H](Cc1ccccc1F)NC(=O)CNC(=O)c1ccccc1. The molecule has 2 aromatic carbocycles. The van der Waals surface area contributed by atoms with Crippen LogP contribution in [0.25, 0.3) is 0 Å². The van der Waals surface area contributed by atoms with Gasteiger partial charge in [0.2, 0.25) is 11.8 Å². The monoisotopic (exact) mass is 343 g/mol. The summed E-state index contributed by atoms with van der Waals surface area (Å²) in [4.78, 5) is 35.3. The van der Waals surface area contributed by atoms with Crippen molar-refractivity contribution in [3.63, 3.8) is 0 Å². The van der Waals surface area contributed by atoms with E-state index in [1.165, 1.54) is 18.2 Å². The molecule has 6 nitrogen and oxygen atoms in total. The van der Waals surface area contributed by atoms with Crippen molar-refractivity contribution >= 4 is 17.7 Å². The van der Waals surface area contributed by atoms with Crippen LogP contribution < -0.4 is 16.4 Å². The fraction of sp³-hybridized carbons (Fsp3) is 0.167. The predicted molar refractivity (Wildman–Crippen MR) is 90.0 cm³/mol. The Bertz CT molecular complexity index is 765. The molecule has 0 fully saturated rings. The number of rotatable bonds is 7. The minimum absolute atomic E-state index is 0.0691. The van der Waals surface area contributed by atoms with E-state index < -0.39 is 29.6 Å². The Morgan fingerprint density at radius 2 is 1.64 bits per heavy atom. The molecule has 0 saturated carbocycles. The van der Waals surface area contributed by atoms with Crippen LogP contribution in [0.4, 0.5) is 4.39 Å². The van der Waals surface area contributed by atoms with Gasteiger partial charge in [-0.3, -0.25) is 14.4 Å².